The van der Waals surface area contributed by atoms with Crippen molar-refractivity contribution in [2.45, 2.75) is 13.3 Å². The first kappa shape index (κ1) is 8.74. The lowest BCUT2D eigenvalue weighted by atomic mass is 10.1. The molecule has 4 heteroatoms. The van der Waals surface area contributed by atoms with Crippen LogP contribution in [0, 0.1) is 0 Å². The summed E-state index contributed by atoms with van der Waals surface area (Å²) in [5, 5.41) is 13.4. The number of aryl methyl sites for hydroxylation is 1. The number of hydrogen-bond acceptors (Lipinski definition) is 3. The average molecular weight is 191 g/mol. The van der Waals surface area contributed by atoms with Crippen LogP contribution in [0.25, 0.3) is 10.9 Å². The summed E-state index contributed by atoms with van der Waals surface area (Å²) >= 11 is 0. The van der Waals surface area contributed by atoms with Crippen LogP contribution in [-0.2, 0) is 6.42 Å². The van der Waals surface area contributed by atoms with Crippen LogP contribution in [-0.4, -0.2) is 16.2 Å². The standard InChI is InChI=1S/C10H9NO3/c1-2-9-7-5-6(10(12)13)3-4-8(7)11-14-9/h3-5H,2H2,1H3,(H,12,13). The Morgan fingerprint density at radius 2 is 2.36 bits per heavy atom. The highest BCUT2D eigenvalue weighted by Gasteiger charge is 2.09. The predicted octanol–water partition coefficient (Wildman–Crippen LogP) is 2.09. The molecule has 0 fully saturated rings. The van der Waals surface area contributed by atoms with Crippen molar-refractivity contribution in [2.24, 2.45) is 0 Å². The van der Waals surface area contributed by atoms with Gasteiger partial charge in [0, 0.05) is 11.8 Å². The molecule has 1 N–H and O–H groups in total. The molecule has 0 radical (unpaired) electrons. The zero-order valence-electron chi connectivity index (χ0n) is 7.65. The van der Waals surface area contributed by atoms with Gasteiger partial charge in [0.25, 0.3) is 0 Å². The molecular weight excluding hydrogens is 182 g/mol. The van der Waals surface area contributed by atoms with E-state index in [0.29, 0.717) is 11.9 Å². The second-order valence-corrected chi connectivity index (χ2v) is 3.00. The van der Waals surface area contributed by atoms with Crippen molar-refractivity contribution < 1.29 is 14.4 Å². The summed E-state index contributed by atoms with van der Waals surface area (Å²) in [5.41, 5.74) is 0.960. The van der Waals surface area contributed by atoms with Crippen molar-refractivity contribution in [1.29, 1.82) is 0 Å². The molecule has 0 spiro atoms. The highest BCUT2D eigenvalue weighted by molar-refractivity contribution is 5.93. The molecule has 0 aliphatic heterocycles. The summed E-state index contributed by atoms with van der Waals surface area (Å²) in [7, 11) is 0. The molecule has 72 valence electrons. The number of aromatic nitrogens is 1. The first-order valence-corrected chi connectivity index (χ1v) is 4.34. The van der Waals surface area contributed by atoms with E-state index in [-0.39, 0.29) is 5.56 Å². The quantitative estimate of drug-likeness (QED) is 0.789. The number of rotatable bonds is 2. The molecule has 0 aliphatic rings. The fourth-order valence-electron chi connectivity index (χ4n) is 1.38. The number of nitrogens with zero attached hydrogens (tertiary/aromatic N) is 1. The van der Waals surface area contributed by atoms with Crippen LogP contribution >= 0.6 is 0 Å². The Morgan fingerprint density at radius 3 is 3.00 bits per heavy atom. The van der Waals surface area contributed by atoms with E-state index in [2.05, 4.69) is 5.16 Å². The minimum atomic E-state index is -0.935. The number of aromatic carboxylic acids is 1. The van der Waals surface area contributed by atoms with Crippen molar-refractivity contribution in [3.63, 3.8) is 0 Å². The largest absolute Gasteiger partial charge is 0.478 e. The highest BCUT2D eigenvalue weighted by Crippen LogP contribution is 2.20. The zero-order chi connectivity index (χ0) is 10.1. The molecule has 0 unspecified atom stereocenters. The molecule has 14 heavy (non-hydrogen) atoms. The van der Waals surface area contributed by atoms with E-state index >= 15 is 0 Å². The van der Waals surface area contributed by atoms with Gasteiger partial charge in [-0.25, -0.2) is 4.79 Å². The van der Waals surface area contributed by atoms with Crippen LogP contribution in [0.1, 0.15) is 23.0 Å². The first-order chi connectivity index (χ1) is 6.72. The molecular formula is C10H9NO3. The van der Waals surface area contributed by atoms with E-state index in [1.807, 2.05) is 6.92 Å². The lowest BCUT2D eigenvalue weighted by molar-refractivity contribution is 0.0697. The molecule has 2 rings (SSSR count). The minimum Gasteiger partial charge on any atom is -0.478 e. The predicted molar refractivity (Wildman–Crippen MR) is 50.3 cm³/mol. The number of carbonyl (C=O) groups is 1. The summed E-state index contributed by atoms with van der Waals surface area (Å²) < 4.78 is 5.06. The zero-order valence-corrected chi connectivity index (χ0v) is 7.65. The van der Waals surface area contributed by atoms with E-state index in [9.17, 15) is 4.79 Å². The molecule has 0 amide bonds. The number of carboxylic acids is 1. The normalized spacial score (nSPS) is 10.6. The van der Waals surface area contributed by atoms with Gasteiger partial charge in [-0.2, -0.15) is 0 Å². The third-order valence-corrected chi connectivity index (χ3v) is 2.12. The first-order valence-electron chi connectivity index (χ1n) is 4.34. The lowest BCUT2D eigenvalue weighted by Crippen LogP contribution is -1.95. The van der Waals surface area contributed by atoms with Crippen LogP contribution in [0.5, 0.6) is 0 Å². The van der Waals surface area contributed by atoms with Crippen LogP contribution in [0.4, 0.5) is 0 Å². The molecule has 1 heterocycles. The number of fused-ring (bicyclic) bond motifs is 1. The number of hydrogen-bond donors (Lipinski definition) is 1. The molecule has 0 saturated carbocycles. The summed E-state index contributed by atoms with van der Waals surface area (Å²) in [5.74, 6) is -0.210. The van der Waals surface area contributed by atoms with Crippen molar-refractivity contribution in [3.8, 4) is 0 Å². The maximum atomic E-state index is 10.7. The lowest BCUT2D eigenvalue weighted by Gasteiger charge is -1.93. The number of carboxylic acid groups (broad SMARTS) is 1. The fraction of sp³-hybridized carbons (Fsp3) is 0.200. The van der Waals surface area contributed by atoms with Crippen LogP contribution in [0.2, 0.25) is 0 Å². The SMILES string of the molecule is CCc1onc2ccc(C(=O)O)cc12. The van der Waals surface area contributed by atoms with Gasteiger partial charge in [0.1, 0.15) is 11.3 Å². The van der Waals surface area contributed by atoms with E-state index in [4.69, 9.17) is 9.63 Å². The van der Waals surface area contributed by atoms with Crippen molar-refractivity contribution in [3.05, 3.63) is 29.5 Å². The Labute approximate surface area is 80.1 Å². The van der Waals surface area contributed by atoms with Gasteiger partial charge in [-0.3, -0.25) is 0 Å². The Hall–Kier alpha value is -1.84. The topological polar surface area (TPSA) is 63.3 Å². The number of benzene rings is 1. The Kier molecular flexibility index (Phi) is 1.96. The Balaban J connectivity index is 2.67. The summed E-state index contributed by atoms with van der Waals surface area (Å²) in [6.07, 6.45) is 0.708. The van der Waals surface area contributed by atoms with E-state index in [1.165, 1.54) is 6.07 Å². The van der Waals surface area contributed by atoms with E-state index in [1.54, 1.807) is 12.1 Å². The van der Waals surface area contributed by atoms with Gasteiger partial charge in [-0.1, -0.05) is 12.1 Å². The van der Waals surface area contributed by atoms with Crippen LogP contribution in [0.3, 0.4) is 0 Å². The van der Waals surface area contributed by atoms with Gasteiger partial charge in [0.05, 0.1) is 5.56 Å². The molecule has 1 aromatic carbocycles. The molecule has 2 aromatic rings. The van der Waals surface area contributed by atoms with Gasteiger partial charge in [0.2, 0.25) is 0 Å². The Bertz CT molecular complexity index is 487. The van der Waals surface area contributed by atoms with Gasteiger partial charge in [-0.05, 0) is 18.2 Å². The summed E-state index contributed by atoms with van der Waals surface area (Å²) in [4.78, 5) is 10.7. The average Bonchev–Trinajstić information content (AvgIpc) is 2.59. The van der Waals surface area contributed by atoms with Crippen molar-refractivity contribution >= 4 is 16.9 Å². The summed E-state index contributed by atoms with van der Waals surface area (Å²) in [6, 6.07) is 4.76. The monoisotopic (exact) mass is 191 g/mol. The maximum Gasteiger partial charge on any atom is 0.335 e. The van der Waals surface area contributed by atoms with Crippen molar-refractivity contribution in [1.82, 2.24) is 5.16 Å². The van der Waals surface area contributed by atoms with Gasteiger partial charge in [-0.15, -0.1) is 0 Å². The van der Waals surface area contributed by atoms with E-state index < -0.39 is 5.97 Å². The molecule has 4 nitrogen and oxygen atoms in total. The van der Waals surface area contributed by atoms with Crippen LogP contribution < -0.4 is 0 Å². The second-order valence-electron chi connectivity index (χ2n) is 3.00. The van der Waals surface area contributed by atoms with Gasteiger partial charge in [0.15, 0.2) is 0 Å². The molecule has 0 saturated heterocycles. The van der Waals surface area contributed by atoms with E-state index in [0.717, 1.165) is 11.1 Å². The minimum absolute atomic E-state index is 0.260. The van der Waals surface area contributed by atoms with Crippen molar-refractivity contribution in [2.75, 3.05) is 0 Å². The summed E-state index contributed by atoms with van der Waals surface area (Å²) in [6.45, 7) is 1.94. The van der Waals surface area contributed by atoms with Gasteiger partial charge < -0.3 is 9.63 Å². The molecule has 0 bridgehead atoms. The highest BCUT2D eigenvalue weighted by atomic mass is 16.5. The molecule has 1 aromatic heterocycles. The second kappa shape index (κ2) is 3.14. The maximum absolute atomic E-state index is 10.7. The fourth-order valence-corrected chi connectivity index (χ4v) is 1.38. The smallest absolute Gasteiger partial charge is 0.335 e. The Morgan fingerprint density at radius 1 is 1.57 bits per heavy atom. The third kappa shape index (κ3) is 1.25. The molecule has 0 aliphatic carbocycles. The van der Waals surface area contributed by atoms with Crippen LogP contribution in [0.15, 0.2) is 22.7 Å². The molecule has 0 atom stereocenters. The third-order valence-electron chi connectivity index (χ3n) is 2.12. The van der Waals surface area contributed by atoms with Gasteiger partial charge >= 0.3 is 5.97 Å².